The van der Waals surface area contributed by atoms with Gasteiger partial charge in [0, 0.05) is 31.1 Å². The molecule has 2 heterocycles. The van der Waals surface area contributed by atoms with Gasteiger partial charge < -0.3 is 5.32 Å². The normalized spacial score (nSPS) is 23.4. The van der Waals surface area contributed by atoms with E-state index in [1.54, 1.807) is 23.9 Å². The van der Waals surface area contributed by atoms with Gasteiger partial charge in [0.25, 0.3) is 11.1 Å². The van der Waals surface area contributed by atoms with Crippen LogP contribution in [0.3, 0.4) is 0 Å². The van der Waals surface area contributed by atoms with E-state index in [9.17, 15) is 9.59 Å². The lowest BCUT2D eigenvalue weighted by atomic mass is 9.91. The van der Waals surface area contributed by atoms with E-state index < -0.39 is 0 Å². The van der Waals surface area contributed by atoms with Gasteiger partial charge in [0.2, 0.25) is 0 Å². The summed E-state index contributed by atoms with van der Waals surface area (Å²) in [4.78, 5) is 23.6. The summed E-state index contributed by atoms with van der Waals surface area (Å²) in [6, 6.07) is 7.28. The number of hydrogen-bond acceptors (Lipinski definition) is 5. The van der Waals surface area contributed by atoms with Crippen LogP contribution in [0.4, 0.5) is 5.82 Å². The Morgan fingerprint density at radius 2 is 1.64 bits per heavy atom. The predicted molar refractivity (Wildman–Crippen MR) is 94.9 cm³/mol. The minimum absolute atomic E-state index is 0.000496. The Balaban J connectivity index is 1.41. The Kier molecular flexibility index (Phi) is 4.15. The Hall–Kier alpha value is -2.44. The molecule has 0 atom stereocenters. The van der Waals surface area contributed by atoms with Crippen molar-refractivity contribution in [3.63, 3.8) is 0 Å². The molecule has 7 heteroatoms. The summed E-state index contributed by atoms with van der Waals surface area (Å²) in [6.45, 7) is 0. The molecule has 0 saturated heterocycles. The maximum Gasteiger partial charge on any atom is 0.267 e. The lowest BCUT2D eigenvalue weighted by Gasteiger charge is -2.30. The van der Waals surface area contributed by atoms with E-state index in [4.69, 9.17) is 0 Å². The molecule has 2 saturated carbocycles. The van der Waals surface area contributed by atoms with Crippen molar-refractivity contribution < 1.29 is 0 Å². The summed E-state index contributed by atoms with van der Waals surface area (Å²) in [6.07, 6.45) is 6.13. The summed E-state index contributed by atoms with van der Waals surface area (Å²) in [5.74, 6) is 1.28. The van der Waals surface area contributed by atoms with Gasteiger partial charge in [-0.3, -0.25) is 9.59 Å². The molecule has 7 nitrogen and oxygen atoms in total. The van der Waals surface area contributed by atoms with Crippen LogP contribution in [0, 0.1) is 0 Å². The van der Waals surface area contributed by atoms with Gasteiger partial charge in [-0.05, 0) is 50.7 Å². The fourth-order valence-electron chi connectivity index (χ4n) is 3.55. The molecule has 25 heavy (non-hydrogen) atoms. The van der Waals surface area contributed by atoms with Crippen LogP contribution >= 0.6 is 0 Å². The van der Waals surface area contributed by atoms with Gasteiger partial charge in [-0.25, -0.2) is 9.36 Å². The Morgan fingerprint density at radius 1 is 0.920 bits per heavy atom. The third kappa shape index (κ3) is 3.50. The lowest BCUT2D eigenvalue weighted by Crippen LogP contribution is -2.34. The maximum absolute atomic E-state index is 12.2. The van der Waals surface area contributed by atoms with E-state index in [1.165, 1.54) is 23.6 Å². The Morgan fingerprint density at radius 3 is 2.32 bits per heavy atom. The molecule has 0 amide bonds. The standard InChI is InChI=1S/C18H23N5O2/c1-22-17(24)11-9-16(21-22)19-13-4-6-14(7-5-13)23-18(25)10-8-15(20-23)12-2-3-12/h8-14H,2-7H2,1H3,(H,19,21). The second kappa shape index (κ2) is 6.46. The summed E-state index contributed by atoms with van der Waals surface area (Å²) >= 11 is 0. The van der Waals surface area contributed by atoms with Crippen molar-refractivity contribution in [1.29, 1.82) is 0 Å². The molecule has 0 aliphatic heterocycles. The first-order valence-electron chi connectivity index (χ1n) is 9.01. The van der Waals surface area contributed by atoms with E-state index in [1.807, 2.05) is 6.07 Å². The zero-order valence-corrected chi connectivity index (χ0v) is 14.4. The quantitative estimate of drug-likeness (QED) is 0.917. The first-order chi connectivity index (χ1) is 12.1. The average Bonchev–Trinajstić information content (AvgIpc) is 3.45. The minimum atomic E-state index is -0.116. The second-order valence-corrected chi connectivity index (χ2v) is 7.15. The van der Waals surface area contributed by atoms with E-state index >= 15 is 0 Å². The topological polar surface area (TPSA) is 81.8 Å². The van der Waals surface area contributed by atoms with Crippen LogP contribution in [0.5, 0.6) is 0 Å². The van der Waals surface area contributed by atoms with Crippen LogP contribution in [0.2, 0.25) is 0 Å². The van der Waals surface area contributed by atoms with Crippen LogP contribution in [0.25, 0.3) is 0 Å². The fourth-order valence-corrected chi connectivity index (χ4v) is 3.55. The van der Waals surface area contributed by atoms with Crippen LogP contribution < -0.4 is 16.4 Å². The minimum Gasteiger partial charge on any atom is -0.366 e. The van der Waals surface area contributed by atoms with Gasteiger partial charge in [0.15, 0.2) is 0 Å². The fraction of sp³-hybridized carbons (Fsp3) is 0.556. The molecule has 0 spiro atoms. The highest BCUT2D eigenvalue weighted by atomic mass is 16.1. The predicted octanol–water partition coefficient (Wildman–Crippen LogP) is 1.81. The van der Waals surface area contributed by atoms with Gasteiger partial charge in [0.05, 0.1) is 11.7 Å². The highest BCUT2D eigenvalue weighted by Crippen LogP contribution is 2.38. The van der Waals surface area contributed by atoms with E-state index in [-0.39, 0.29) is 17.2 Å². The molecule has 1 N–H and O–H groups in total. The first-order valence-corrected chi connectivity index (χ1v) is 9.01. The van der Waals surface area contributed by atoms with Crippen LogP contribution in [0.1, 0.15) is 56.2 Å². The van der Waals surface area contributed by atoms with Gasteiger partial charge in [-0.1, -0.05) is 0 Å². The number of hydrogen-bond donors (Lipinski definition) is 1. The summed E-state index contributed by atoms with van der Waals surface area (Å²) in [7, 11) is 1.65. The monoisotopic (exact) mass is 341 g/mol. The number of aromatic nitrogens is 4. The van der Waals surface area contributed by atoms with Crippen LogP contribution in [-0.4, -0.2) is 25.6 Å². The van der Waals surface area contributed by atoms with E-state index in [0.29, 0.717) is 12.0 Å². The molecule has 4 rings (SSSR count). The average molecular weight is 341 g/mol. The summed E-state index contributed by atoms with van der Waals surface area (Å²) in [5, 5.41) is 12.2. The molecule has 2 fully saturated rings. The maximum atomic E-state index is 12.2. The molecule has 0 unspecified atom stereocenters. The molecule has 0 aromatic carbocycles. The lowest BCUT2D eigenvalue weighted by molar-refractivity contribution is 0.301. The Labute approximate surface area is 145 Å². The molecule has 0 bridgehead atoms. The molecule has 0 radical (unpaired) electrons. The molecule has 2 aromatic rings. The van der Waals surface area contributed by atoms with Crippen LogP contribution in [-0.2, 0) is 7.05 Å². The highest BCUT2D eigenvalue weighted by Gasteiger charge is 2.28. The van der Waals surface area contributed by atoms with Gasteiger partial charge in [0.1, 0.15) is 5.82 Å². The van der Waals surface area contributed by atoms with Crippen molar-refractivity contribution in [3.8, 4) is 0 Å². The number of rotatable bonds is 4. The smallest absolute Gasteiger partial charge is 0.267 e. The third-order valence-corrected chi connectivity index (χ3v) is 5.20. The van der Waals surface area contributed by atoms with Crippen molar-refractivity contribution in [1.82, 2.24) is 19.6 Å². The van der Waals surface area contributed by atoms with Gasteiger partial charge in [-0.2, -0.15) is 10.2 Å². The zero-order valence-electron chi connectivity index (χ0n) is 14.4. The number of nitrogens with one attached hydrogen (secondary N) is 1. The first kappa shape index (κ1) is 16.1. The van der Waals surface area contributed by atoms with E-state index in [0.717, 1.165) is 37.2 Å². The molecule has 132 valence electrons. The Bertz CT molecular complexity index is 876. The molecular weight excluding hydrogens is 318 g/mol. The highest BCUT2D eigenvalue weighted by molar-refractivity contribution is 5.33. The number of anilines is 1. The largest absolute Gasteiger partial charge is 0.366 e. The van der Waals surface area contributed by atoms with Gasteiger partial charge >= 0.3 is 0 Å². The third-order valence-electron chi connectivity index (χ3n) is 5.20. The van der Waals surface area contributed by atoms with Crippen molar-refractivity contribution in [2.24, 2.45) is 7.05 Å². The molecule has 2 aliphatic rings. The molecule has 2 aromatic heterocycles. The molecule has 2 aliphatic carbocycles. The summed E-state index contributed by atoms with van der Waals surface area (Å²) < 4.78 is 3.04. The SMILES string of the molecule is Cn1nc(NC2CCC(n3nc(C4CC4)ccc3=O)CC2)ccc1=O. The van der Waals surface area contributed by atoms with Crippen molar-refractivity contribution in [3.05, 3.63) is 50.7 Å². The number of nitrogens with zero attached hydrogens (tertiary/aromatic N) is 4. The van der Waals surface area contributed by atoms with E-state index in [2.05, 4.69) is 15.5 Å². The zero-order chi connectivity index (χ0) is 17.4. The number of aryl methyl sites for hydroxylation is 1. The van der Waals surface area contributed by atoms with Crippen molar-refractivity contribution >= 4 is 5.82 Å². The van der Waals surface area contributed by atoms with Crippen LogP contribution in [0.15, 0.2) is 33.9 Å². The second-order valence-electron chi connectivity index (χ2n) is 7.15. The molecular formula is C18H23N5O2. The van der Waals surface area contributed by atoms with Gasteiger partial charge in [-0.15, -0.1) is 0 Å². The summed E-state index contributed by atoms with van der Waals surface area (Å²) in [5.41, 5.74) is 0.949. The van der Waals surface area contributed by atoms with Crippen molar-refractivity contribution in [2.45, 2.75) is 56.5 Å². The van der Waals surface area contributed by atoms with Crippen molar-refractivity contribution in [2.75, 3.05) is 5.32 Å².